The number of aliphatic hydroxyl groups is 1. The van der Waals surface area contributed by atoms with Gasteiger partial charge in [-0.25, -0.2) is 0 Å². The Morgan fingerprint density at radius 1 is 1.28 bits per heavy atom. The van der Waals surface area contributed by atoms with Crippen molar-refractivity contribution in [2.24, 2.45) is 17.0 Å². The zero-order valence-electron chi connectivity index (χ0n) is 10.4. The molecule has 1 fully saturated rings. The van der Waals surface area contributed by atoms with Gasteiger partial charge in [-0.1, -0.05) is 30.3 Å². The van der Waals surface area contributed by atoms with Gasteiger partial charge < -0.3 is 10.3 Å². The Bertz CT molecular complexity index is 381. The van der Waals surface area contributed by atoms with Gasteiger partial charge in [-0.05, 0) is 17.9 Å². The summed E-state index contributed by atoms with van der Waals surface area (Å²) in [4.78, 5) is 2.31. The number of hydrogen-bond donors (Lipinski definition) is 2. The average molecular weight is 248 g/mol. The molecule has 2 atom stereocenters. The minimum Gasteiger partial charge on any atom is -0.411 e. The zero-order valence-corrected chi connectivity index (χ0v) is 10.4. The van der Waals surface area contributed by atoms with Crippen LogP contribution < -0.4 is 0 Å². The fourth-order valence-electron chi connectivity index (χ4n) is 2.65. The van der Waals surface area contributed by atoms with E-state index in [4.69, 9.17) is 5.21 Å². The summed E-state index contributed by atoms with van der Waals surface area (Å²) in [6.07, 6.45) is 2.48. The molecule has 4 heteroatoms. The topological polar surface area (TPSA) is 56.1 Å². The fraction of sp³-hybridized carbons (Fsp3) is 0.500. The molecule has 2 N–H and O–H groups in total. The molecule has 18 heavy (non-hydrogen) atoms. The van der Waals surface area contributed by atoms with Gasteiger partial charge in [0.05, 0.1) is 0 Å². The van der Waals surface area contributed by atoms with Crippen LogP contribution in [0.2, 0.25) is 0 Å². The van der Waals surface area contributed by atoms with Crippen molar-refractivity contribution in [3.63, 3.8) is 0 Å². The van der Waals surface area contributed by atoms with E-state index in [1.807, 2.05) is 18.2 Å². The van der Waals surface area contributed by atoms with Crippen LogP contribution in [0.4, 0.5) is 0 Å². The monoisotopic (exact) mass is 248 g/mol. The molecule has 4 nitrogen and oxygen atoms in total. The van der Waals surface area contributed by atoms with Gasteiger partial charge in [0.1, 0.15) is 0 Å². The lowest BCUT2D eigenvalue weighted by molar-refractivity contribution is 0.0994. The molecule has 0 aliphatic carbocycles. The van der Waals surface area contributed by atoms with Gasteiger partial charge in [0.15, 0.2) is 0 Å². The van der Waals surface area contributed by atoms with E-state index in [9.17, 15) is 5.11 Å². The van der Waals surface area contributed by atoms with E-state index in [1.54, 1.807) is 6.21 Å². The second-order valence-corrected chi connectivity index (χ2v) is 4.99. The molecule has 0 aromatic heterocycles. The Balaban J connectivity index is 1.98. The first-order valence-corrected chi connectivity index (χ1v) is 6.36. The molecule has 0 bridgehead atoms. The molecular formula is C14H20N2O2. The van der Waals surface area contributed by atoms with E-state index in [0.717, 1.165) is 26.1 Å². The van der Waals surface area contributed by atoms with Crippen LogP contribution in [-0.2, 0) is 6.54 Å². The second-order valence-electron chi connectivity index (χ2n) is 4.99. The Morgan fingerprint density at radius 3 is 2.72 bits per heavy atom. The minimum atomic E-state index is 0.195. The quantitative estimate of drug-likeness (QED) is 0.483. The highest BCUT2D eigenvalue weighted by atomic mass is 16.4. The van der Waals surface area contributed by atoms with Gasteiger partial charge in [0.25, 0.3) is 0 Å². The van der Waals surface area contributed by atoms with Crippen molar-refractivity contribution >= 4 is 6.21 Å². The van der Waals surface area contributed by atoms with Crippen molar-refractivity contribution in [2.75, 3.05) is 19.7 Å². The highest BCUT2D eigenvalue weighted by Crippen LogP contribution is 2.22. The first-order valence-electron chi connectivity index (χ1n) is 6.36. The largest absolute Gasteiger partial charge is 0.411 e. The molecule has 1 aromatic carbocycles. The van der Waals surface area contributed by atoms with Gasteiger partial charge in [-0.2, -0.15) is 0 Å². The summed E-state index contributed by atoms with van der Waals surface area (Å²) in [6, 6.07) is 10.3. The summed E-state index contributed by atoms with van der Waals surface area (Å²) in [6.45, 7) is 2.87. The molecule has 0 saturated carbocycles. The summed E-state index contributed by atoms with van der Waals surface area (Å²) < 4.78 is 0. The highest BCUT2D eigenvalue weighted by Gasteiger charge is 2.25. The zero-order chi connectivity index (χ0) is 12.8. The fourth-order valence-corrected chi connectivity index (χ4v) is 2.65. The van der Waals surface area contributed by atoms with E-state index in [1.165, 1.54) is 5.56 Å². The highest BCUT2D eigenvalue weighted by molar-refractivity contribution is 5.60. The van der Waals surface area contributed by atoms with Crippen LogP contribution in [-0.4, -0.2) is 41.1 Å². The molecule has 1 aliphatic rings. The summed E-state index contributed by atoms with van der Waals surface area (Å²) >= 11 is 0. The number of aliphatic hydroxyl groups excluding tert-OH is 1. The summed E-state index contributed by atoms with van der Waals surface area (Å²) in [5.74, 6) is 0.495. The predicted octanol–water partition coefficient (Wildman–Crippen LogP) is 1.58. The SMILES string of the molecule is OCC1CC(/C=N\O)CN(Cc2ccccc2)C1. The average Bonchev–Trinajstić information content (AvgIpc) is 2.40. The van der Waals surface area contributed by atoms with Crippen LogP contribution in [0.3, 0.4) is 0 Å². The van der Waals surface area contributed by atoms with Gasteiger partial charge in [-0.15, -0.1) is 5.16 Å². The number of rotatable bonds is 4. The first-order chi connectivity index (χ1) is 8.81. The number of likely N-dealkylation sites (tertiary alicyclic amines) is 1. The first kappa shape index (κ1) is 13.1. The van der Waals surface area contributed by atoms with Gasteiger partial charge in [-0.3, -0.25) is 4.90 Å². The van der Waals surface area contributed by atoms with Crippen LogP contribution in [0.1, 0.15) is 12.0 Å². The molecule has 2 unspecified atom stereocenters. The third kappa shape index (κ3) is 3.55. The number of hydrogen-bond acceptors (Lipinski definition) is 4. The normalized spacial score (nSPS) is 25.6. The molecule has 98 valence electrons. The summed E-state index contributed by atoms with van der Waals surface area (Å²) in [5, 5.41) is 21.1. The summed E-state index contributed by atoms with van der Waals surface area (Å²) in [5.41, 5.74) is 1.27. The van der Waals surface area contributed by atoms with Gasteiger partial charge in [0, 0.05) is 38.4 Å². The smallest absolute Gasteiger partial charge is 0.0479 e. The van der Waals surface area contributed by atoms with Gasteiger partial charge >= 0.3 is 0 Å². The second kappa shape index (κ2) is 6.52. The maximum Gasteiger partial charge on any atom is 0.0479 e. The van der Waals surface area contributed by atoms with Gasteiger partial charge in [0.2, 0.25) is 0 Å². The maximum absolute atomic E-state index is 9.33. The van der Waals surface area contributed by atoms with Crippen molar-refractivity contribution in [1.29, 1.82) is 0 Å². The van der Waals surface area contributed by atoms with Crippen molar-refractivity contribution in [1.82, 2.24) is 4.90 Å². The standard InChI is InChI=1S/C14H20N2O2/c17-11-14-6-13(7-15-18)9-16(10-14)8-12-4-2-1-3-5-12/h1-5,7,13-14,17-18H,6,8-11H2/b15-7-. The molecule has 1 saturated heterocycles. The molecule has 0 spiro atoms. The van der Waals surface area contributed by atoms with Crippen molar-refractivity contribution in [3.8, 4) is 0 Å². The molecule has 1 aromatic rings. The third-order valence-corrected chi connectivity index (χ3v) is 3.43. The molecule has 0 amide bonds. The Labute approximate surface area is 108 Å². The Kier molecular flexibility index (Phi) is 4.73. The lowest BCUT2D eigenvalue weighted by Gasteiger charge is -2.35. The molecule has 2 rings (SSSR count). The Morgan fingerprint density at radius 2 is 2.06 bits per heavy atom. The molecular weight excluding hydrogens is 228 g/mol. The van der Waals surface area contributed by atoms with Crippen LogP contribution in [0.25, 0.3) is 0 Å². The minimum absolute atomic E-state index is 0.195. The number of benzene rings is 1. The number of piperidine rings is 1. The predicted molar refractivity (Wildman–Crippen MR) is 70.7 cm³/mol. The molecule has 0 radical (unpaired) electrons. The van der Waals surface area contributed by atoms with Crippen LogP contribution in [0, 0.1) is 11.8 Å². The van der Waals surface area contributed by atoms with E-state index in [-0.39, 0.29) is 18.4 Å². The van der Waals surface area contributed by atoms with Crippen molar-refractivity contribution < 1.29 is 10.3 Å². The maximum atomic E-state index is 9.33. The molecule has 1 aliphatic heterocycles. The van der Waals surface area contributed by atoms with E-state index < -0.39 is 0 Å². The Hall–Kier alpha value is -1.39. The van der Waals surface area contributed by atoms with E-state index >= 15 is 0 Å². The van der Waals surface area contributed by atoms with Crippen molar-refractivity contribution in [3.05, 3.63) is 35.9 Å². The van der Waals surface area contributed by atoms with Crippen LogP contribution in [0.5, 0.6) is 0 Å². The third-order valence-electron chi connectivity index (χ3n) is 3.43. The molecule has 1 heterocycles. The van der Waals surface area contributed by atoms with E-state index in [0.29, 0.717) is 0 Å². The lowest BCUT2D eigenvalue weighted by atomic mass is 9.90. The van der Waals surface area contributed by atoms with Crippen molar-refractivity contribution in [2.45, 2.75) is 13.0 Å². The number of oxime groups is 1. The van der Waals surface area contributed by atoms with Crippen LogP contribution in [0.15, 0.2) is 35.5 Å². The van der Waals surface area contributed by atoms with E-state index in [2.05, 4.69) is 22.2 Å². The number of nitrogens with zero attached hydrogens (tertiary/aromatic N) is 2. The summed E-state index contributed by atoms with van der Waals surface area (Å²) in [7, 11) is 0. The van der Waals surface area contributed by atoms with Crippen LogP contribution >= 0.6 is 0 Å². The lowest BCUT2D eigenvalue weighted by Crippen LogP contribution is -2.41.